The number of carbonyl (C=O) groups excluding carboxylic acids is 1. The van der Waals surface area contributed by atoms with Crippen molar-refractivity contribution in [2.45, 2.75) is 20.8 Å². The van der Waals surface area contributed by atoms with Crippen LogP contribution in [0.25, 0.3) is 0 Å². The van der Waals surface area contributed by atoms with Gasteiger partial charge in [-0.2, -0.15) is 0 Å². The molecule has 0 atom stereocenters. The lowest BCUT2D eigenvalue weighted by molar-refractivity contribution is 0.0539. The largest absolute Gasteiger partial charge is 0.458 e. The second-order valence-corrected chi connectivity index (χ2v) is 4.30. The van der Waals surface area contributed by atoms with Crippen LogP contribution in [-0.2, 0) is 4.74 Å². The maximum atomic E-state index is 11.6. The van der Waals surface area contributed by atoms with Gasteiger partial charge in [-0.15, -0.1) is 0 Å². The second-order valence-electron chi connectivity index (χ2n) is 3.86. The van der Waals surface area contributed by atoms with Crippen molar-refractivity contribution in [2.75, 3.05) is 6.61 Å². The van der Waals surface area contributed by atoms with Crippen LogP contribution >= 0.6 is 11.6 Å². The van der Waals surface area contributed by atoms with E-state index >= 15 is 0 Å². The van der Waals surface area contributed by atoms with E-state index in [2.05, 4.69) is 0 Å². The normalized spacial score (nSPS) is 9.75. The standard InChI is InChI=1S/C13H15ClO2/c1-9(2)10(3)8-16-13(15)11-4-6-12(14)7-5-11/h4-7H,8H2,1-3H3. The molecule has 1 rings (SSSR count). The molecule has 3 heteroatoms. The molecule has 0 spiro atoms. The summed E-state index contributed by atoms with van der Waals surface area (Å²) in [4.78, 5) is 11.6. The van der Waals surface area contributed by atoms with Crippen LogP contribution in [-0.4, -0.2) is 12.6 Å². The minimum atomic E-state index is -0.322. The lowest BCUT2D eigenvalue weighted by Gasteiger charge is -2.06. The summed E-state index contributed by atoms with van der Waals surface area (Å²) in [5.74, 6) is -0.322. The van der Waals surface area contributed by atoms with Crippen LogP contribution in [0.4, 0.5) is 0 Å². The Morgan fingerprint density at radius 2 is 1.75 bits per heavy atom. The maximum Gasteiger partial charge on any atom is 0.338 e. The van der Waals surface area contributed by atoms with E-state index in [0.29, 0.717) is 17.2 Å². The van der Waals surface area contributed by atoms with Gasteiger partial charge < -0.3 is 4.74 Å². The highest BCUT2D eigenvalue weighted by Crippen LogP contribution is 2.11. The highest BCUT2D eigenvalue weighted by molar-refractivity contribution is 6.30. The SMILES string of the molecule is CC(C)=C(C)COC(=O)c1ccc(Cl)cc1. The Morgan fingerprint density at radius 3 is 2.25 bits per heavy atom. The average molecular weight is 239 g/mol. The van der Waals surface area contributed by atoms with Crippen LogP contribution in [0.15, 0.2) is 35.4 Å². The van der Waals surface area contributed by atoms with Crippen LogP contribution in [0.1, 0.15) is 31.1 Å². The van der Waals surface area contributed by atoms with E-state index in [1.807, 2.05) is 20.8 Å². The van der Waals surface area contributed by atoms with Crippen molar-refractivity contribution in [3.8, 4) is 0 Å². The van der Waals surface area contributed by atoms with Crippen LogP contribution < -0.4 is 0 Å². The number of ether oxygens (including phenoxy) is 1. The Morgan fingerprint density at radius 1 is 1.19 bits per heavy atom. The summed E-state index contributed by atoms with van der Waals surface area (Å²) >= 11 is 5.73. The fraction of sp³-hybridized carbons (Fsp3) is 0.308. The molecule has 1 aromatic carbocycles. The van der Waals surface area contributed by atoms with Gasteiger partial charge in [0, 0.05) is 5.02 Å². The molecule has 1 aromatic rings. The Kier molecular flexibility index (Phi) is 4.56. The maximum absolute atomic E-state index is 11.6. The molecule has 0 unspecified atom stereocenters. The molecule has 0 radical (unpaired) electrons. The minimum Gasteiger partial charge on any atom is -0.458 e. The number of allylic oxidation sites excluding steroid dienone is 1. The molecule has 86 valence electrons. The zero-order chi connectivity index (χ0) is 12.1. The third-order valence-electron chi connectivity index (χ3n) is 2.35. The van der Waals surface area contributed by atoms with Crippen molar-refractivity contribution >= 4 is 17.6 Å². The minimum absolute atomic E-state index is 0.322. The van der Waals surface area contributed by atoms with Gasteiger partial charge in [0.2, 0.25) is 0 Å². The molecule has 0 aliphatic rings. The average Bonchev–Trinajstić information content (AvgIpc) is 2.26. The summed E-state index contributed by atoms with van der Waals surface area (Å²) < 4.78 is 5.15. The van der Waals surface area contributed by atoms with E-state index in [1.54, 1.807) is 24.3 Å². The van der Waals surface area contributed by atoms with E-state index in [-0.39, 0.29) is 5.97 Å². The van der Waals surface area contributed by atoms with Gasteiger partial charge in [0.05, 0.1) is 5.56 Å². The first-order chi connectivity index (χ1) is 7.50. The molecule has 2 nitrogen and oxygen atoms in total. The Hall–Kier alpha value is -1.28. The van der Waals surface area contributed by atoms with Crippen molar-refractivity contribution in [2.24, 2.45) is 0 Å². The van der Waals surface area contributed by atoms with Crippen LogP contribution in [0.5, 0.6) is 0 Å². The first-order valence-corrected chi connectivity index (χ1v) is 5.44. The highest BCUT2D eigenvalue weighted by atomic mass is 35.5. The quantitative estimate of drug-likeness (QED) is 0.591. The molecule has 0 aromatic heterocycles. The molecule has 0 aliphatic heterocycles. The second kappa shape index (κ2) is 5.71. The van der Waals surface area contributed by atoms with E-state index < -0.39 is 0 Å². The smallest absolute Gasteiger partial charge is 0.338 e. The summed E-state index contributed by atoms with van der Waals surface area (Å²) in [5.41, 5.74) is 2.76. The Labute approximate surface area is 101 Å². The van der Waals surface area contributed by atoms with Crippen LogP contribution in [0, 0.1) is 0 Å². The Balaban J connectivity index is 2.60. The summed E-state index contributed by atoms with van der Waals surface area (Å²) in [7, 11) is 0. The summed E-state index contributed by atoms with van der Waals surface area (Å²) in [5, 5.41) is 0.608. The molecule has 0 saturated carbocycles. The highest BCUT2D eigenvalue weighted by Gasteiger charge is 2.06. The third-order valence-corrected chi connectivity index (χ3v) is 2.61. The first kappa shape index (κ1) is 12.8. The van der Waals surface area contributed by atoms with E-state index in [1.165, 1.54) is 5.57 Å². The molecule has 0 aliphatic carbocycles. The molecule has 16 heavy (non-hydrogen) atoms. The fourth-order valence-corrected chi connectivity index (χ4v) is 1.11. The van der Waals surface area contributed by atoms with Gasteiger partial charge in [-0.05, 0) is 50.6 Å². The van der Waals surface area contributed by atoms with Crippen molar-refractivity contribution in [3.63, 3.8) is 0 Å². The number of benzene rings is 1. The van der Waals surface area contributed by atoms with Gasteiger partial charge in [-0.1, -0.05) is 17.2 Å². The van der Waals surface area contributed by atoms with Gasteiger partial charge in [0.25, 0.3) is 0 Å². The van der Waals surface area contributed by atoms with Crippen molar-refractivity contribution < 1.29 is 9.53 Å². The van der Waals surface area contributed by atoms with Gasteiger partial charge in [-0.25, -0.2) is 4.79 Å². The van der Waals surface area contributed by atoms with Crippen LogP contribution in [0.3, 0.4) is 0 Å². The summed E-state index contributed by atoms with van der Waals surface area (Å²) in [6.07, 6.45) is 0. The third kappa shape index (κ3) is 3.70. The lowest BCUT2D eigenvalue weighted by Crippen LogP contribution is -2.07. The number of rotatable bonds is 3. The predicted octanol–water partition coefficient (Wildman–Crippen LogP) is 3.85. The summed E-state index contributed by atoms with van der Waals surface area (Å²) in [6, 6.07) is 6.66. The van der Waals surface area contributed by atoms with Gasteiger partial charge in [-0.3, -0.25) is 0 Å². The number of halogens is 1. The first-order valence-electron chi connectivity index (χ1n) is 5.06. The predicted molar refractivity (Wildman–Crippen MR) is 65.8 cm³/mol. The molecular formula is C13H15ClO2. The molecule has 0 saturated heterocycles. The molecule has 0 N–H and O–H groups in total. The number of hydrogen-bond donors (Lipinski definition) is 0. The molecule has 0 heterocycles. The number of esters is 1. The Bertz CT molecular complexity index is 400. The lowest BCUT2D eigenvalue weighted by atomic mass is 10.2. The van der Waals surface area contributed by atoms with E-state index in [4.69, 9.17) is 16.3 Å². The van der Waals surface area contributed by atoms with E-state index in [0.717, 1.165) is 5.57 Å². The summed E-state index contributed by atoms with van der Waals surface area (Å²) in [6.45, 7) is 6.27. The van der Waals surface area contributed by atoms with Crippen molar-refractivity contribution in [3.05, 3.63) is 46.0 Å². The zero-order valence-electron chi connectivity index (χ0n) is 9.71. The topological polar surface area (TPSA) is 26.3 Å². The monoisotopic (exact) mass is 238 g/mol. The van der Waals surface area contributed by atoms with Crippen molar-refractivity contribution in [1.29, 1.82) is 0 Å². The number of hydrogen-bond acceptors (Lipinski definition) is 2. The van der Waals surface area contributed by atoms with Gasteiger partial charge >= 0.3 is 5.97 Å². The molecule has 0 amide bonds. The van der Waals surface area contributed by atoms with E-state index in [9.17, 15) is 4.79 Å². The van der Waals surface area contributed by atoms with Crippen molar-refractivity contribution in [1.82, 2.24) is 0 Å². The molecule has 0 bridgehead atoms. The van der Waals surface area contributed by atoms with Crippen LogP contribution in [0.2, 0.25) is 5.02 Å². The molecular weight excluding hydrogens is 224 g/mol. The fourth-order valence-electron chi connectivity index (χ4n) is 0.987. The van der Waals surface area contributed by atoms with Gasteiger partial charge in [0.15, 0.2) is 0 Å². The van der Waals surface area contributed by atoms with Gasteiger partial charge in [0.1, 0.15) is 6.61 Å². The zero-order valence-corrected chi connectivity index (χ0v) is 10.5. The molecule has 0 fully saturated rings. The number of carbonyl (C=O) groups is 1.